The summed E-state index contributed by atoms with van der Waals surface area (Å²) in [5, 5.41) is 13.6. The monoisotopic (exact) mass is 565 g/mol. The number of aliphatic hydroxyl groups is 1. The van der Waals surface area contributed by atoms with Crippen molar-refractivity contribution in [2.75, 3.05) is 12.0 Å². The van der Waals surface area contributed by atoms with E-state index in [0.29, 0.717) is 22.9 Å². The number of nitrogens with zero attached hydrogens (tertiary/aromatic N) is 1. The Morgan fingerprint density at radius 3 is 2.39 bits per heavy atom. The van der Waals surface area contributed by atoms with Gasteiger partial charge in [-0.2, -0.15) is 0 Å². The first kappa shape index (κ1) is 25.9. The molecule has 0 aliphatic carbocycles. The Labute approximate surface area is 233 Å². The molecule has 0 spiro atoms. The topological polar surface area (TPSA) is 76.1 Å². The molecule has 1 N–H and O–H groups in total. The molecule has 0 radical (unpaired) electrons. The van der Waals surface area contributed by atoms with Gasteiger partial charge >= 0.3 is 0 Å². The summed E-state index contributed by atoms with van der Waals surface area (Å²) in [5.74, 6) is -1.27. The fourth-order valence-electron chi connectivity index (χ4n) is 4.35. The maximum atomic E-state index is 13.4. The Morgan fingerprint density at radius 1 is 1.00 bits per heavy atom. The molecule has 5 rings (SSSR count). The lowest BCUT2D eigenvalue weighted by Gasteiger charge is -2.24. The van der Waals surface area contributed by atoms with Crippen LogP contribution in [-0.2, 0) is 16.2 Å². The Morgan fingerprint density at radius 2 is 1.74 bits per heavy atom. The molecule has 1 amide bonds. The lowest BCUT2D eigenvalue weighted by atomic mass is 9.99. The van der Waals surface area contributed by atoms with Crippen molar-refractivity contribution in [2.45, 2.75) is 12.6 Å². The van der Waals surface area contributed by atoms with E-state index in [-0.39, 0.29) is 26.9 Å². The smallest absolute Gasteiger partial charge is 0.300 e. The van der Waals surface area contributed by atoms with Crippen molar-refractivity contribution < 1.29 is 24.2 Å². The summed E-state index contributed by atoms with van der Waals surface area (Å²) in [6.45, 7) is 0.393. The maximum Gasteiger partial charge on any atom is 0.300 e. The molecule has 0 saturated carbocycles. The van der Waals surface area contributed by atoms with Crippen LogP contribution in [0.25, 0.3) is 5.76 Å². The largest absolute Gasteiger partial charge is 0.507 e. The van der Waals surface area contributed by atoms with Crippen molar-refractivity contribution in [2.24, 2.45) is 0 Å². The third-order valence-electron chi connectivity index (χ3n) is 6.09. The second-order valence-electron chi connectivity index (χ2n) is 8.42. The Bertz CT molecular complexity index is 1520. The zero-order chi connectivity index (χ0) is 26.8. The third kappa shape index (κ3) is 4.88. The fourth-order valence-corrected chi connectivity index (χ4v) is 5.74. The summed E-state index contributed by atoms with van der Waals surface area (Å²) in [5.41, 5.74) is 1.54. The van der Waals surface area contributed by atoms with E-state index in [1.54, 1.807) is 30.3 Å². The average molecular weight is 566 g/mol. The molecule has 1 atom stereocenters. The van der Waals surface area contributed by atoms with Crippen molar-refractivity contribution in [3.8, 4) is 11.5 Å². The van der Waals surface area contributed by atoms with Crippen LogP contribution in [0.5, 0.6) is 11.5 Å². The van der Waals surface area contributed by atoms with Crippen LogP contribution in [0.1, 0.15) is 22.0 Å². The number of rotatable bonds is 7. The predicted octanol–water partition coefficient (Wildman–Crippen LogP) is 7.27. The lowest BCUT2D eigenvalue weighted by Crippen LogP contribution is -2.29. The molecule has 1 aromatic heterocycles. The highest BCUT2D eigenvalue weighted by atomic mass is 35.5. The Hall–Kier alpha value is -3.78. The number of aliphatic hydroxyl groups excluding tert-OH is 1. The highest BCUT2D eigenvalue weighted by Gasteiger charge is 2.47. The van der Waals surface area contributed by atoms with Gasteiger partial charge in [0.1, 0.15) is 29.9 Å². The zero-order valence-electron chi connectivity index (χ0n) is 20.1. The van der Waals surface area contributed by atoms with Gasteiger partial charge in [-0.05, 0) is 53.4 Å². The molecule has 1 aliphatic heterocycles. The maximum absolute atomic E-state index is 13.4. The molecule has 3 aromatic carbocycles. The molecule has 1 aliphatic rings. The van der Waals surface area contributed by atoms with Gasteiger partial charge in [0.2, 0.25) is 0 Å². The first-order chi connectivity index (χ1) is 18.4. The SMILES string of the molecule is COc1c(Cl)cc(Cl)cc1/C(O)=C1/C(=O)C(=O)N(c2ccc(OCc3ccccc3)cc2)C1c1cccs1. The van der Waals surface area contributed by atoms with E-state index in [4.69, 9.17) is 32.7 Å². The predicted molar refractivity (Wildman–Crippen MR) is 149 cm³/mol. The first-order valence-corrected chi connectivity index (χ1v) is 13.2. The average Bonchev–Trinajstić information content (AvgIpc) is 3.54. The summed E-state index contributed by atoms with van der Waals surface area (Å²) in [6.07, 6.45) is 0. The van der Waals surface area contributed by atoms with E-state index in [1.807, 2.05) is 41.8 Å². The number of carbonyl (C=O) groups excluding carboxylic acids is 2. The van der Waals surface area contributed by atoms with Crippen LogP contribution in [0, 0.1) is 0 Å². The number of methoxy groups -OCH3 is 1. The molecule has 6 nitrogen and oxygen atoms in total. The van der Waals surface area contributed by atoms with Crippen LogP contribution in [0.2, 0.25) is 10.0 Å². The number of ketones is 1. The van der Waals surface area contributed by atoms with Gasteiger partial charge in [-0.25, -0.2) is 0 Å². The van der Waals surface area contributed by atoms with E-state index in [9.17, 15) is 14.7 Å². The molecule has 2 heterocycles. The van der Waals surface area contributed by atoms with Gasteiger partial charge in [-0.15, -0.1) is 11.3 Å². The lowest BCUT2D eigenvalue weighted by molar-refractivity contribution is -0.132. The van der Waals surface area contributed by atoms with Crippen molar-refractivity contribution in [1.82, 2.24) is 0 Å². The molecule has 192 valence electrons. The molecular formula is C29H21Cl2NO5S. The van der Waals surface area contributed by atoms with Crippen molar-refractivity contribution in [1.29, 1.82) is 0 Å². The number of amides is 1. The fraction of sp³-hybridized carbons (Fsp3) is 0.103. The Balaban J connectivity index is 1.55. The van der Waals surface area contributed by atoms with Crippen molar-refractivity contribution in [3.05, 3.63) is 116 Å². The van der Waals surface area contributed by atoms with Crippen LogP contribution >= 0.6 is 34.5 Å². The van der Waals surface area contributed by atoms with Crippen LogP contribution in [0.15, 0.2) is 89.8 Å². The summed E-state index contributed by atoms with van der Waals surface area (Å²) in [6, 6.07) is 22.3. The van der Waals surface area contributed by atoms with E-state index in [1.165, 1.54) is 35.5 Å². The number of hydrogen-bond acceptors (Lipinski definition) is 6. The van der Waals surface area contributed by atoms with E-state index >= 15 is 0 Å². The second-order valence-corrected chi connectivity index (χ2v) is 10.2. The normalized spacial score (nSPS) is 16.6. The zero-order valence-corrected chi connectivity index (χ0v) is 22.4. The summed E-state index contributed by atoms with van der Waals surface area (Å²) in [7, 11) is 1.39. The molecular weight excluding hydrogens is 545 g/mol. The van der Waals surface area contributed by atoms with Gasteiger partial charge < -0.3 is 14.6 Å². The number of anilines is 1. The summed E-state index contributed by atoms with van der Waals surface area (Å²) < 4.78 is 11.2. The number of halogens is 2. The number of carbonyl (C=O) groups is 2. The van der Waals surface area contributed by atoms with E-state index < -0.39 is 23.5 Å². The van der Waals surface area contributed by atoms with Gasteiger partial charge in [0.25, 0.3) is 11.7 Å². The second kappa shape index (κ2) is 10.9. The van der Waals surface area contributed by atoms with Crippen LogP contribution < -0.4 is 14.4 Å². The highest BCUT2D eigenvalue weighted by molar-refractivity contribution is 7.10. The number of Topliss-reactive ketones (excluding diaryl/α,β-unsaturated/α-hetero) is 1. The number of benzene rings is 3. The molecule has 1 unspecified atom stereocenters. The van der Waals surface area contributed by atoms with Gasteiger partial charge in [0, 0.05) is 15.6 Å². The van der Waals surface area contributed by atoms with Crippen LogP contribution in [-0.4, -0.2) is 23.9 Å². The van der Waals surface area contributed by atoms with Crippen molar-refractivity contribution >= 4 is 57.7 Å². The molecule has 38 heavy (non-hydrogen) atoms. The molecule has 4 aromatic rings. The molecule has 9 heteroatoms. The van der Waals surface area contributed by atoms with Gasteiger partial charge in [0.15, 0.2) is 0 Å². The van der Waals surface area contributed by atoms with E-state index in [0.717, 1.165) is 5.56 Å². The minimum absolute atomic E-state index is 0.0847. The number of ether oxygens (including phenoxy) is 2. The van der Waals surface area contributed by atoms with Crippen LogP contribution in [0.4, 0.5) is 5.69 Å². The minimum atomic E-state index is -0.867. The molecule has 1 saturated heterocycles. The van der Waals surface area contributed by atoms with Gasteiger partial charge in [-0.3, -0.25) is 14.5 Å². The van der Waals surface area contributed by atoms with E-state index in [2.05, 4.69) is 0 Å². The Kier molecular flexibility index (Phi) is 7.42. The number of hydrogen-bond donors (Lipinski definition) is 1. The standard InChI is InChI=1S/C29H21Cl2NO5S/c1-36-28-21(14-18(30)15-22(28)31)26(33)24-25(23-8-5-13-38-23)32(29(35)27(24)34)19-9-11-20(12-10-19)37-16-17-6-3-2-4-7-17/h2-15,25,33H,16H2,1H3/b26-24-. The van der Waals surface area contributed by atoms with Crippen LogP contribution in [0.3, 0.4) is 0 Å². The van der Waals surface area contributed by atoms with Gasteiger partial charge in [-0.1, -0.05) is 59.6 Å². The quantitative estimate of drug-likeness (QED) is 0.145. The number of thiophene rings is 1. The van der Waals surface area contributed by atoms with Gasteiger partial charge in [0.05, 0.1) is 23.3 Å². The highest BCUT2D eigenvalue weighted by Crippen LogP contribution is 2.46. The summed E-state index contributed by atoms with van der Waals surface area (Å²) >= 11 is 13.8. The molecule has 1 fully saturated rings. The first-order valence-electron chi connectivity index (χ1n) is 11.5. The van der Waals surface area contributed by atoms with Crippen molar-refractivity contribution in [3.63, 3.8) is 0 Å². The third-order valence-corrected chi connectivity index (χ3v) is 7.51. The minimum Gasteiger partial charge on any atom is -0.507 e. The molecule has 0 bridgehead atoms. The summed E-state index contributed by atoms with van der Waals surface area (Å²) in [4.78, 5) is 28.8.